The number of rotatable bonds is 2. The van der Waals surface area contributed by atoms with Crippen molar-refractivity contribution in [3.63, 3.8) is 0 Å². The van der Waals surface area contributed by atoms with E-state index in [2.05, 4.69) is 31.9 Å². The number of hydrogen-bond donors (Lipinski definition) is 0. The maximum Gasteiger partial charge on any atom is 0.204 e. The van der Waals surface area contributed by atoms with Gasteiger partial charge in [-0.1, -0.05) is 11.6 Å². The Hall–Kier alpha value is -0.230. The molecule has 0 fully saturated rings. The van der Waals surface area contributed by atoms with E-state index in [9.17, 15) is 9.18 Å². The van der Waals surface area contributed by atoms with Gasteiger partial charge in [-0.3, -0.25) is 4.79 Å². The zero-order valence-corrected chi connectivity index (χ0v) is 12.9. The molecular weight excluding hydrogens is 394 g/mol. The quantitative estimate of drug-likeness (QED) is 0.628. The summed E-state index contributed by atoms with van der Waals surface area (Å²) in [6.45, 7) is 0. The van der Waals surface area contributed by atoms with E-state index in [0.29, 0.717) is 23.7 Å². The second-order valence-corrected chi connectivity index (χ2v) is 6.55. The smallest absolute Gasteiger partial charge is 0.204 e. The normalized spacial score (nSPS) is 10.6. The topological polar surface area (TPSA) is 17.1 Å². The lowest BCUT2D eigenvalue weighted by Gasteiger charge is -2.01. The summed E-state index contributed by atoms with van der Waals surface area (Å²) in [5, 5.41) is 0. The first-order valence-corrected chi connectivity index (χ1v) is 7.21. The molecule has 88 valence electrons. The molecule has 0 aliphatic heterocycles. The minimum atomic E-state index is -0.390. The molecular formula is C11H4Br2ClFOS. The molecule has 17 heavy (non-hydrogen) atoms. The van der Waals surface area contributed by atoms with E-state index in [0.717, 1.165) is 0 Å². The predicted molar refractivity (Wildman–Crippen MR) is 74.6 cm³/mol. The highest BCUT2D eigenvalue weighted by Crippen LogP contribution is 2.34. The van der Waals surface area contributed by atoms with E-state index in [1.165, 1.54) is 29.5 Å². The van der Waals surface area contributed by atoms with Crippen LogP contribution >= 0.6 is 54.8 Å². The number of hydrogen-bond acceptors (Lipinski definition) is 2. The van der Waals surface area contributed by atoms with Gasteiger partial charge >= 0.3 is 0 Å². The number of carbonyl (C=O) groups is 1. The van der Waals surface area contributed by atoms with Crippen molar-refractivity contribution in [2.45, 2.75) is 0 Å². The fourth-order valence-corrected chi connectivity index (χ4v) is 3.45. The molecule has 1 aromatic heterocycles. The summed E-state index contributed by atoms with van der Waals surface area (Å²) in [5.74, 6) is -0.576. The zero-order valence-electron chi connectivity index (χ0n) is 8.14. The Morgan fingerprint density at radius 3 is 2.47 bits per heavy atom. The van der Waals surface area contributed by atoms with Crippen molar-refractivity contribution in [2.75, 3.05) is 0 Å². The Bertz CT molecular complexity index is 578. The molecule has 2 aromatic rings. The second-order valence-electron chi connectivity index (χ2n) is 3.19. The summed E-state index contributed by atoms with van der Waals surface area (Å²) < 4.78 is 14.6. The number of carbonyl (C=O) groups excluding carboxylic acids is 1. The third kappa shape index (κ3) is 2.78. The van der Waals surface area contributed by atoms with Crippen molar-refractivity contribution in [3.8, 4) is 0 Å². The Morgan fingerprint density at radius 2 is 1.94 bits per heavy atom. The Labute approximate surface area is 123 Å². The van der Waals surface area contributed by atoms with Crippen LogP contribution in [0.1, 0.15) is 15.2 Å². The van der Waals surface area contributed by atoms with Crippen molar-refractivity contribution in [1.29, 1.82) is 0 Å². The average molecular weight is 398 g/mol. The lowest BCUT2D eigenvalue weighted by Crippen LogP contribution is -1.99. The van der Waals surface area contributed by atoms with E-state index in [-0.39, 0.29) is 11.6 Å². The maximum absolute atomic E-state index is 12.9. The lowest BCUT2D eigenvalue weighted by atomic mass is 10.1. The van der Waals surface area contributed by atoms with Crippen LogP contribution in [0.2, 0.25) is 4.34 Å². The van der Waals surface area contributed by atoms with E-state index >= 15 is 0 Å². The second kappa shape index (κ2) is 5.18. The van der Waals surface area contributed by atoms with Crippen LogP contribution in [0.25, 0.3) is 0 Å². The van der Waals surface area contributed by atoms with Gasteiger partial charge in [0.2, 0.25) is 5.78 Å². The molecule has 1 nitrogen and oxygen atoms in total. The van der Waals surface area contributed by atoms with Crippen LogP contribution in [0, 0.1) is 5.82 Å². The average Bonchev–Trinajstić information content (AvgIpc) is 2.58. The first-order chi connectivity index (χ1) is 7.99. The van der Waals surface area contributed by atoms with E-state index in [4.69, 9.17) is 11.6 Å². The van der Waals surface area contributed by atoms with E-state index in [1.54, 1.807) is 6.07 Å². The Morgan fingerprint density at radius 1 is 1.24 bits per heavy atom. The van der Waals surface area contributed by atoms with Crippen molar-refractivity contribution >= 4 is 60.6 Å². The SMILES string of the molecule is O=C(c1cc(Br)c(Cl)s1)c1ccc(F)cc1Br. The van der Waals surface area contributed by atoms with Gasteiger partial charge in [-0.25, -0.2) is 4.39 Å². The first-order valence-electron chi connectivity index (χ1n) is 4.43. The highest BCUT2D eigenvalue weighted by atomic mass is 79.9. The molecule has 0 atom stereocenters. The molecule has 0 N–H and O–H groups in total. The van der Waals surface area contributed by atoms with Crippen LogP contribution in [-0.4, -0.2) is 5.78 Å². The fourth-order valence-electron chi connectivity index (χ4n) is 1.26. The molecule has 0 saturated carbocycles. The summed E-state index contributed by atoms with van der Waals surface area (Å²) in [7, 11) is 0. The highest BCUT2D eigenvalue weighted by molar-refractivity contribution is 9.11. The Balaban J connectivity index is 2.43. The van der Waals surface area contributed by atoms with Crippen LogP contribution in [0.15, 0.2) is 33.2 Å². The van der Waals surface area contributed by atoms with Gasteiger partial charge in [0.05, 0.1) is 4.88 Å². The number of thiophene rings is 1. The van der Waals surface area contributed by atoms with Crippen molar-refractivity contribution in [3.05, 3.63) is 53.8 Å². The minimum absolute atomic E-state index is 0.186. The monoisotopic (exact) mass is 396 g/mol. The van der Waals surface area contributed by atoms with Crippen LogP contribution in [0.4, 0.5) is 4.39 Å². The summed E-state index contributed by atoms with van der Waals surface area (Å²) in [6, 6.07) is 5.62. The molecule has 0 aliphatic carbocycles. The predicted octanol–water partition coefficient (Wildman–Crippen LogP) is 5.30. The van der Waals surface area contributed by atoms with Gasteiger partial charge in [-0.2, -0.15) is 0 Å². The van der Waals surface area contributed by atoms with Crippen molar-refractivity contribution < 1.29 is 9.18 Å². The third-order valence-electron chi connectivity index (χ3n) is 2.04. The molecule has 0 aliphatic rings. The van der Waals surface area contributed by atoms with E-state index in [1.807, 2.05) is 0 Å². The molecule has 1 heterocycles. The maximum atomic E-state index is 12.9. The number of benzene rings is 1. The molecule has 0 amide bonds. The van der Waals surface area contributed by atoms with Crippen LogP contribution in [-0.2, 0) is 0 Å². The first kappa shape index (κ1) is 13.2. The van der Waals surface area contributed by atoms with Gasteiger partial charge in [0.25, 0.3) is 0 Å². The summed E-state index contributed by atoms with van der Waals surface area (Å²) >= 11 is 13.5. The Kier molecular flexibility index (Phi) is 4.02. The van der Waals surface area contributed by atoms with Crippen LogP contribution < -0.4 is 0 Å². The van der Waals surface area contributed by atoms with Gasteiger partial charge in [0, 0.05) is 14.5 Å². The standard InChI is InChI=1S/C11H4Br2ClFOS/c12-7-3-5(15)1-2-6(7)10(16)9-4-8(13)11(14)17-9/h1-4H. The van der Waals surface area contributed by atoms with Gasteiger partial charge in [0.1, 0.15) is 10.2 Å². The van der Waals surface area contributed by atoms with Crippen LogP contribution in [0.3, 0.4) is 0 Å². The molecule has 0 unspecified atom stereocenters. The summed E-state index contributed by atoms with van der Waals surface area (Å²) in [5.41, 5.74) is 0.414. The van der Waals surface area contributed by atoms with Crippen molar-refractivity contribution in [1.82, 2.24) is 0 Å². The molecule has 1 aromatic carbocycles. The zero-order chi connectivity index (χ0) is 12.6. The van der Waals surface area contributed by atoms with Gasteiger partial charge < -0.3 is 0 Å². The summed E-state index contributed by atoms with van der Waals surface area (Å²) in [6.07, 6.45) is 0. The third-order valence-corrected chi connectivity index (χ3v) is 5.17. The van der Waals surface area contributed by atoms with Gasteiger partial charge in [0.15, 0.2) is 0 Å². The van der Waals surface area contributed by atoms with Crippen LogP contribution in [0.5, 0.6) is 0 Å². The largest absolute Gasteiger partial charge is 0.288 e. The number of ketones is 1. The molecule has 0 bridgehead atoms. The lowest BCUT2D eigenvalue weighted by molar-refractivity contribution is 0.104. The summed E-state index contributed by atoms with van der Waals surface area (Å²) in [4.78, 5) is 12.6. The fraction of sp³-hybridized carbons (Fsp3) is 0. The molecule has 6 heteroatoms. The van der Waals surface area contributed by atoms with Gasteiger partial charge in [-0.15, -0.1) is 11.3 Å². The molecule has 0 saturated heterocycles. The highest BCUT2D eigenvalue weighted by Gasteiger charge is 2.17. The molecule has 2 rings (SSSR count). The van der Waals surface area contributed by atoms with Crippen molar-refractivity contribution in [2.24, 2.45) is 0 Å². The number of halogens is 4. The van der Waals surface area contributed by atoms with E-state index < -0.39 is 0 Å². The molecule has 0 spiro atoms. The minimum Gasteiger partial charge on any atom is -0.288 e. The van der Waals surface area contributed by atoms with Gasteiger partial charge in [-0.05, 0) is 56.1 Å². The molecule has 0 radical (unpaired) electrons.